The molecule has 2 aliphatic heterocycles. The summed E-state index contributed by atoms with van der Waals surface area (Å²) in [6, 6.07) is 8.00. The Balaban J connectivity index is 1.28. The van der Waals surface area contributed by atoms with Gasteiger partial charge in [0, 0.05) is 37.0 Å². The summed E-state index contributed by atoms with van der Waals surface area (Å²) in [5, 5.41) is 5.43. The molecule has 0 aliphatic carbocycles. The highest BCUT2D eigenvalue weighted by molar-refractivity contribution is 6.04. The number of nitrogens with zero attached hydrogens (tertiary/aromatic N) is 3. The summed E-state index contributed by atoms with van der Waals surface area (Å²) in [5.74, 6) is -0.571. The lowest BCUT2D eigenvalue weighted by Gasteiger charge is -2.27. The molecule has 5 rings (SSSR count). The predicted octanol–water partition coefficient (Wildman–Crippen LogP) is 4.18. The standard InChI is InChI=1S/C27H26F3N5O3/c1-16-2-3-17(25(36)33-21-8-20(10-32-11-21)27(28,29)30)7-24(16)18-4-5-35(13-18)23-6-19(9-31-12-23)26(37)34-22-14-38-15-22/h2-3,6-12,18,22H,4-5,13-15H2,1H3,(H,33,36)(H,34,37)/t18-/m1/s1. The predicted molar refractivity (Wildman–Crippen MR) is 134 cm³/mol. The molecule has 0 saturated carbocycles. The van der Waals surface area contributed by atoms with Gasteiger partial charge in [-0.05, 0) is 48.7 Å². The average molecular weight is 526 g/mol. The van der Waals surface area contributed by atoms with Crippen LogP contribution in [0.4, 0.5) is 24.5 Å². The van der Waals surface area contributed by atoms with Crippen LogP contribution in [0, 0.1) is 6.92 Å². The number of carbonyl (C=O) groups excluding carboxylic acids is 2. The van der Waals surface area contributed by atoms with E-state index in [-0.39, 0.29) is 23.6 Å². The van der Waals surface area contributed by atoms with Gasteiger partial charge in [-0.15, -0.1) is 0 Å². The minimum Gasteiger partial charge on any atom is -0.377 e. The Bertz CT molecular complexity index is 1360. The van der Waals surface area contributed by atoms with E-state index in [1.165, 1.54) is 12.4 Å². The van der Waals surface area contributed by atoms with Crippen molar-refractivity contribution < 1.29 is 27.5 Å². The molecule has 1 atom stereocenters. The first-order chi connectivity index (χ1) is 18.2. The monoisotopic (exact) mass is 525 g/mol. The van der Waals surface area contributed by atoms with E-state index >= 15 is 0 Å². The topological polar surface area (TPSA) is 96.5 Å². The molecule has 3 aromatic rings. The molecule has 11 heteroatoms. The largest absolute Gasteiger partial charge is 0.417 e. The summed E-state index contributed by atoms with van der Waals surface area (Å²) in [4.78, 5) is 35.4. The van der Waals surface area contributed by atoms with Crippen molar-refractivity contribution in [3.05, 3.63) is 82.9 Å². The van der Waals surface area contributed by atoms with Crippen LogP contribution in [0.1, 0.15) is 49.7 Å². The van der Waals surface area contributed by atoms with Gasteiger partial charge in [0.1, 0.15) is 0 Å². The first-order valence-corrected chi connectivity index (χ1v) is 12.2. The van der Waals surface area contributed by atoms with Crippen LogP contribution in [0.2, 0.25) is 0 Å². The van der Waals surface area contributed by atoms with Crippen LogP contribution in [0.3, 0.4) is 0 Å². The summed E-state index contributed by atoms with van der Waals surface area (Å²) >= 11 is 0. The second kappa shape index (κ2) is 10.4. The number of halogens is 3. The van der Waals surface area contributed by atoms with Crippen molar-refractivity contribution in [2.75, 3.05) is 36.5 Å². The highest BCUT2D eigenvalue weighted by Gasteiger charge is 2.31. The highest BCUT2D eigenvalue weighted by atomic mass is 19.4. The lowest BCUT2D eigenvalue weighted by atomic mass is 9.92. The van der Waals surface area contributed by atoms with Gasteiger partial charge in [0.05, 0.1) is 54.2 Å². The average Bonchev–Trinajstić information content (AvgIpc) is 3.36. The summed E-state index contributed by atoms with van der Waals surface area (Å²) < 4.78 is 44.1. The van der Waals surface area contributed by atoms with E-state index in [0.717, 1.165) is 35.8 Å². The second-order valence-corrected chi connectivity index (χ2v) is 9.56. The second-order valence-electron chi connectivity index (χ2n) is 9.56. The third-order valence-corrected chi connectivity index (χ3v) is 6.82. The van der Waals surface area contributed by atoms with Crippen LogP contribution >= 0.6 is 0 Å². The highest BCUT2D eigenvalue weighted by Crippen LogP contribution is 2.34. The fraction of sp³-hybridized carbons (Fsp3) is 0.333. The molecular formula is C27H26F3N5O3. The quantitative estimate of drug-likeness (QED) is 0.502. The first-order valence-electron chi connectivity index (χ1n) is 12.2. The van der Waals surface area contributed by atoms with Crippen molar-refractivity contribution in [2.45, 2.75) is 31.5 Å². The van der Waals surface area contributed by atoms with Gasteiger partial charge in [-0.25, -0.2) is 0 Å². The fourth-order valence-corrected chi connectivity index (χ4v) is 4.65. The molecule has 0 spiro atoms. The number of pyridine rings is 2. The number of anilines is 2. The van der Waals surface area contributed by atoms with E-state index < -0.39 is 17.6 Å². The number of hydrogen-bond donors (Lipinski definition) is 2. The zero-order chi connectivity index (χ0) is 26.9. The van der Waals surface area contributed by atoms with Crippen LogP contribution in [0.25, 0.3) is 0 Å². The number of amides is 2. The van der Waals surface area contributed by atoms with Gasteiger partial charge < -0.3 is 20.3 Å². The molecule has 0 unspecified atom stereocenters. The van der Waals surface area contributed by atoms with Gasteiger partial charge >= 0.3 is 6.18 Å². The minimum absolute atomic E-state index is 0.0274. The Morgan fingerprint density at radius 1 is 1.00 bits per heavy atom. The van der Waals surface area contributed by atoms with Gasteiger partial charge in [0.15, 0.2) is 0 Å². The van der Waals surface area contributed by atoms with Crippen LogP contribution < -0.4 is 15.5 Å². The normalized spacial score (nSPS) is 17.7. The molecule has 2 aliphatic rings. The maximum Gasteiger partial charge on any atom is 0.417 e. The molecule has 0 bridgehead atoms. The molecule has 8 nitrogen and oxygen atoms in total. The minimum atomic E-state index is -4.55. The summed E-state index contributed by atoms with van der Waals surface area (Å²) in [5.41, 5.74) is 2.73. The first kappa shape index (κ1) is 25.7. The maximum absolute atomic E-state index is 13.0. The molecule has 38 heavy (non-hydrogen) atoms. The number of hydrogen-bond acceptors (Lipinski definition) is 6. The number of rotatable bonds is 6. The number of ether oxygens (including phenoxy) is 1. The van der Waals surface area contributed by atoms with Gasteiger partial charge in [-0.2, -0.15) is 13.2 Å². The Labute approximate surface area is 217 Å². The number of nitrogens with one attached hydrogen (secondary N) is 2. The van der Waals surface area contributed by atoms with E-state index in [4.69, 9.17) is 4.74 Å². The van der Waals surface area contributed by atoms with Crippen molar-refractivity contribution in [3.63, 3.8) is 0 Å². The molecular weight excluding hydrogens is 499 g/mol. The van der Waals surface area contributed by atoms with E-state index in [9.17, 15) is 22.8 Å². The molecule has 198 valence electrons. The molecule has 2 fully saturated rings. The summed E-state index contributed by atoms with van der Waals surface area (Å²) in [7, 11) is 0. The third-order valence-electron chi connectivity index (χ3n) is 6.82. The lowest BCUT2D eigenvalue weighted by Crippen LogP contribution is -2.48. The van der Waals surface area contributed by atoms with Crippen molar-refractivity contribution in [1.29, 1.82) is 0 Å². The number of aromatic nitrogens is 2. The lowest BCUT2D eigenvalue weighted by molar-refractivity contribution is -0.137. The molecule has 1 aromatic carbocycles. The van der Waals surface area contributed by atoms with Crippen LogP contribution in [0.15, 0.2) is 55.1 Å². The number of carbonyl (C=O) groups is 2. The number of alkyl halides is 3. The Morgan fingerprint density at radius 3 is 2.53 bits per heavy atom. The summed E-state index contributed by atoms with van der Waals surface area (Å²) in [6.07, 6.45) is 1.44. The Kier molecular flexibility index (Phi) is 7.02. The molecule has 4 heterocycles. The van der Waals surface area contributed by atoms with E-state index in [0.29, 0.717) is 37.1 Å². The van der Waals surface area contributed by atoms with Crippen LogP contribution in [0.5, 0.6) is 0 Å². The molecule has 0 radical (unpaired) electrons. The van der Waals surface area contributed by atoms with Gasteiger partial charge in [0.2, 0.25) is 0 Å². The maximum atomic E-state index is 13.0. The van der Waals surface area contributed by atoms with Crippen LogP contribution in [-0.4, -0.2) is 54.1 Å². The molecule has 2 amide bonds. The fourth-order valence-electron chi connectivity index (χ4n) is 4.65. The van der Waals surface area contributed by atoms with Crippen molar-refractivity contribution in [3.8, 4) is 0 Å². The molecule has 2 N–H and O–H groups in total. The smallest absolute Gasteiger partial charge is 0.377 e. The Morgan fingerprint density at radius 2 is 1.79 bits per heavy atom. The zero-order valence-corrected chi connectivity index (χ0v) is 20.6. The van der Waals surface area contributed by atoms with Crippen molar-refractivity contribution in [2.24, 2.45) is 0 Å². The molecule has 2 saturated heterocycles. The van der Waals surface area contributed by atoms with Crippen molar-refractivity contribution >= 4 is 23.2 Å². The number of aryl methyl sites for hydroxylation is 1. The SMILES string of the molecule is Cc1ccc(C(=O)Nc2cncc(C(F)(F)F)c2)cc1[C@@H]1CCN(c2cncc(C(=O)NC3COC3)c2)C1. The van der Waals surface area contributed by atoms with Crippen LogP contribution in [-0.2, 0) is 10.9 Å². The summed E-state index contributed by atoms with van der Waals surface area (Å²) in [6.45, 7) is 4.42. The third kappa shape index (κ3) is 5.62. The van der Waals surface area contributed by atoms with Crippen molar-refractivity contribution in [1.82, 2.24) is 15.3 Å². The number of benzene rings is 1. The van der Waals surface area contributed by atoms with E-state index in [2.05, 4.69) is 25.5 Å². The van der Waals surface area contributed by atoms with Gasteiger partial charge in [-0.1, -0.05) is 6.07 Å². The van der Waals surface area contributed by atoms with Gasteiger partial charge in [-0.3, -0.25) is 19.6 Å². The van der Waals surface area contributed by atoms with Gasteiger partial charge in [0.25, 0.3) is 11.8 Å². The van der Waals surface area contributed by atoms with E-state index in [1.807, 2.05) is 19.1 Å². The zero-order valence-electron chi connectivity index (χ0n) is 20.6. The molecule has 2 aromatic heterocycles. The van der Waals surface area contributed by atoms with E-state index in [1.54, 1.807) is 18.3 Å². The Hall–Kier alpha value is -3.99.